The van der Waals surface area contributed by atoms with E-state index >= 15 is 0 Å². The molecule has 160 valence electrons. The molecule has 3 heterocycles. The Hall–Kier alpha value is -3.13. The molecule has 0 fully saturated rings. The minimum atomic E-state index is -0.431. The van der Waals surface area contributed by atoms with Crippen LogP contribution < -0.4 is 4.74 Å². The minimum Gasteiger partial charge on any atom is -0.494 e. The van der Waals surface area contributed by atoms with Crippen molar-refractivity contribution in [3.63, 3.8) is 0 Å². The zero-order valence-corrected chi connectivity index (χ0v) is 19.3. The molecule has 0 N–H and O–H groups in total. The van der Waals surface area contributed by atoms with Crippen LogP contribution in [-0.4, -0.2) is 39.3 Å². The maximum absolute atomic E-state index is 12.1. The van der Waals surface area contributed by atoms with Gasteiger partial charge in [0.05, 0.1) is 31.0 Å². The lowest BCUT2D eigenvalue weighted by atomic mass is 10.2. The second-order valence-electron chi connectivity index (χ2n) is 7.19. The Morgan fingerprint density at radius 2 is 2.03 bits per heavy atom. The molecule has 0 radical (unpaired) electrons. The Morgan fingerprint density at radius 1 is 1.23 bits per heavy atom. The van der Waals surface area contributed by atoms with E-state index in [1.807, 2.05) is 29.8 Å². The summed E-state index contributed by atoms with van der Waals surface area (Å²) < 4.78 is 15.4. The SMILES string of the molecule is C=CCCCn1c(-c2nc3cc(C(=O)OC)cc(OC)c3n2C)cc2ccc(Br)nc21. The van der Waals surface area contributed by atoms with Crippen molar-refractivity contribution in [3.05, 3.63) is 53.2 Å². The summed E-state index contributed by atoms with van der Waals surface area (Å²) in [4.78, 5) is 21.7. The highest BCUT2D eigenvalue weighted by Crippen LogP contribution is 2.34. The van der Waals surface area contributed by atoms with Crippen LogP contribution >= 0.6 is 15.9 Å². The number of benzene rings is 1. The number of pyridine rings is 1. The largest absolute Gasteiger partial charge is 0.494 e. The van der Waals surface area contributed by atoms with E-state index in [0.717, 1.165) is 52.1 Å². The van der Waals surface area contributed by atoms with Crippen molar-refractivity contribution < 1.29 is 14.3 Å². The van der Waals surface area contributed by atoms with Gasteiger partial charge in [0.15, 0.2) is 5.82 Å². The first-order valence-electron chi connectivity index (χ1n) is 9.88. The van der Waals surface area contributed by atoms with Crippen LogP contribution in [0.15, 0.2) is 47.6 Å². The highest BCUT2D eigenvalue weighted by Gasteiger charge is 2.21. The van der Waals surface area contributed by atoms with Gasteiger partial charge in [-0.25, -0.2) is 14.8 Å². The normalized spacial score (nSPS) is 11.2. The highest BCUT2D eigenvalue weighted by atomic mass is 79.9. The maximum atomic E-state index is 12.1. The third kappa shape index (κ3) is 3.72. The topological polar surface area (TPSA) is 71.2 Å². The fourth-order valence-corrected chi connectivity index (χ4v) is 4.14. The lowest BCUT2D eigenvalue weighted by Gasteiger charge is -2.11. The number of nitrogens with zero attached hydrogens (tertiary/aromatic N) is 4. The molecule has 1 aromatic carbocycles. The summed E-state index contributed by atoms with van der Waals surface area (Å²) in [5, 5.41) is 1.03. The van der Waals surface area contributed by atoms with Gasteiger partial charge >= 0.3 is 5.97 Å². The van der Waals surface area contributed by atoms with E-state index in [2.05, 4.69) is 33.1 Å². The van der Waals surface area contributed by atoms with Crippen LogP contribution in [-0.2, 0) is 18.3 Å². The molecule has 3 aromatic heterocycles. The molecular formula is C23H23BrN4O3. The average Bonchev–Trinajstić information content (AvgIpc) is 3.30. The van der Waals surface area contributed by atoms with Crippen LogP contribution in [0.25, 0.3) is 33.6 Å². The van der Waals surface area contributed by atoms with Crippen molar-refractivity contribution in [2.24, 2.45) is 7.05 Å². The first-order valence-corrected chi connectivity index (χ1v) is 10.7. The van der Waals surface area contributed by atoms with Gasteiger partial charge in [-0.2, -0.15) is 0 Å². The van der Waals surface area contributed by atoms with E-state index in [9.17, 15) is 4.79 Å². The lowest BCUT2D eigenvalue weighted by molar-refractivity contribution is 0.0600. The van der Waals surface area contributed by atoms with Crippen molar-refractivity contribution in [3.8, 4) is 17.3 Å². The first kappa shape index (κ1) is 21.1. The fourth-order valence-electron chi connectivity index (χ4n) is 3.84. The molecule has 0 unspecified atom stereocenters. The number of halogens is 1. The number of carbonyl (C=O) groups is 1. The van der Waals surface area contributed by atoms with Crippen molar-refractivity contribution >= 4 is 44.0 Å². The predicted molar refractivity (Wildman–Crippen MR) is 124 cm³/mol. The van der Waals surface area contributed by atoms with Crippen molar-refractivity contribution in [2.75, 3.05) is 14.2 Å². The second kappa shape index (κ2) is 8.55. The Morgan fingerprint density at radius 3 is 2.74 bits per heavy atom. The van der Waals surface area contributed by atoms with Crippen LogP contribution in [0.5, 0.6) is 5.75 Å². The second-order valence-corrected chi connectivity index (χ2v) is 8.00. The molecule has 8 heteroatoms. The monoisotopic (exact) mass is 482 g/mol. The Bertz CT molecular complexity index is 1310. The number of aromatic nitrogens is 4. The molecule has 0 atom stereocenters. The van der Waals surface area contributed by atoms with Crippen LogP contribution in [0.4, 0.5) is 0 Å². The average molecular weight is 483 g/mol. The summed E-state index contributed by atoms with van der Waals surface area (Å²) in [6.07, 6.45) is 3.77. The number of fused-ring (bicyclic) bond motifs is 2. The number of unbranched alkanes of at least 4 members (excludes halogenated alkanes) is 1. The Labute approximate surface area is 188 Å². The molecular weight excluding hydrogens is 460 g/mol. The number of hydrogen-bond acceptors (Lipinski definition) is 5. The van der Waals surface area contributed by atoms with Crippen molar-refractivity contribution in [1.29, 1.82) is 0 Å². The van der Waals surface area contributed by atoms with Crippen LogP contribution in [0.2, 0.25) is 0 Å². The van der Waals surface area contributed by atoms with E-state index in [4.69, 9.17) is 19.4 Å². The smallest absolute Gasteiger partial charge is 0.338 e. The molecule has 0 saturated carbocycles. The van der Waals surface area contributed by atoms with Gasteiger partial charge in [-0.15, -0.1) is 6.58 Å². The summed E-state index contributed by atoms with van der Waals surface area (Å²) in [5.41, 5.74) is 3.71. The van der Waals surface area contributed by atoms with E-state index in [1.54, 1.807) is 19.2 Å². The molecule has 0 bridgehead atoms. The number of hydrogen-bond donors (Lipinski definition) is 0. The summed E-state index contributed by atoms with van der Waals surface area (Å²) >= 11 is 3.48. The van der Waals surface area contributed by atoms with Crippen LogP contribution in [0.3, 0.4) is 0 Å². The van der Waals surface area contributed by atoms with Gasteiger partial charge in [0.1, 0.15) is 21.5 Å². The summed E-state index contributed by atoms with van der Waals surface area (Å²) in [6, 6.07) is 9.47. The van der Waals surface area contributed by atoms with Gasteiger partial charge in [-0.3, -0.25) is 0 Å². The summed E-state index contributed by atoms with van der Waals surface area (Å²) in [7, 11) is 4.88. The molecule has 0 aliphatic carbocycles. The van der Waals surface area contributed by atoms with E-state index in [0.29, 0.717) is 16.8 Å². The number of rotatable bonds is 7. The number of esters is 1. The standard InChI is InChI=1S/C23H23BrN4O3/c1-5-6-7-10-28-17(12-14-8-9-19(24)26-21(14)28)22-25-16-11-15(23(29)31-4)13-18(30-3)20(16)27(22)2/h5,8-9,11-13H,1,6-7,10H2,2-4H3. The molecule has 7 nitrogen and oxygen atoms in total. The third-order valence-electron chi connectivity index (χ3n) is 5.30. The fraction of sp³-hybridized carbons (Fsp3) is 0.261. The molecule has 4 aromatic rings. The van der Waals surface area contributed by atoms with Crippen molar-refractivity contribution in [1.82, 2.24) is 19.1 Å². The molecule has 0 saturated heterocycles. The van der Waals surface area contributed by atoms with E-state index < -0.39 is 5.97 Å². The van der Waals surface area contributed by atoms with Gasteiger partial charge in [-0.1, -0.05) is 6.08 Å². The van der Waals surface area contributed by atoms with Gasteiger partial charge in [-0.05, 0) is 59.1 Å². The number of allylic oxidation sites excluding steroid dienone is 1. The highest BCUT2D eigenvalue weighted by molar-refractivity contribution is 9.10. The lowest BCUT2D eigenvalue weighted by Crippen LogP contribution is -2.04. The minimum absolute atomic E-state index is 0.397. The van der Waals surface area contributed by atoms with Gasteiger partial charge < -0.3 is 18.6 Å². The van der Waals surface area contributed by atoms with Crippen LogP contribution in [0, 0.1) is 0 Å². The van der Waals surface area contributed by atoms with Gasteiger partial charge in [0, 0.05) is 19.0 Å². The van der Waals surface area contributed by atoms with Crippen LogP contribution in [0.1, 0.15) is 23.2 Å². The molecule has 4 rings (SSSR count). The van der Waals surface area contributed by atoms with Crippen molar-refractivity contribution in [2.45, 2.75) is 19.4 Å². The summed E-state index contributed by atoms with van der Waals surface area (Å²) in [6.45, 7) is 4.61. The number of aryl methyl sites for hydroxylation is 2. The first-order chi connectivity index (χ1) is 15.0. The molecule has 0 amide bonds. The predicted octanol–water partition coefficient (Wildman–Crippen LogP) is 5.11. The zero-order chi connectivity index (χ0) is 22.1. The Balaban J connectivity index is 1.95. The quantitative estimate of drug-likeness (QED) is 0.158. The maximum Gasteiger partial charge on any atom is 0.338 e. The van der Waals surface area contributed by atoms with E-state index in [1.165, 1.54) is 7.11 Å². The van der Waals surface area contributed by atoms with Gasteiger partial charge in [0.25, 0.3) is 0 Å². The Kier molecular flexibility index (Phi) is 5.82. The van der Waals surface area contributed by atoms with E-state index in [-0.39, 0.29) is 0 Å². The molecule has 0 spiro atoms. The number of carbonyl (C=O) groups excluding carboxylic acids is 1. The summed E-state index contributed by atoms with van der Waals surface area (Å²) in [5.74, 6) is 0.900. The molecule has 0 aliphatic rings. The molecule has 0 aliphatic heterocycles. The number of ether oxygens (including phenoxy) is 2. The number of methoxy groups -OCH3 is 2. The zero-order valence-electron chi connectivity index (χ0n) is 17.7. The third-order valence-corrected chi connectivity index (χ3v) is 5.75. The number of imidazole rings is 1. The molecule has 31 heavy (non-hydrogen) atoms. The van der Waals surface area contributed by atoms with Gasteiger partial charge in [0.2, 0.25) is 0 Å².